The lowest BCUT2D eigenvalue weighted by Crippen LogP contribution is -2.14. The van der Waals surface area contributed by atoms with E-state index < -0.39 is 0 Å². The highest BCUT2D eigenvalue weighted by molar-refractivity contribution is 9.10. The number of rotatable bonds is 2. The zero-order chi connectivity index (χ0) is 16.4. The van der Waals surface area contributed by atoms with Crippen molar-refractivity contribution in [3.8, 4) is 11.3 Å². The maximum atomic E-state index is 12.2. The van der Waals surface area contributed by atoms with Gasteiger partial charge in [0.1, 0.15) is 0 Å². The molecule has 3 rings (SSSR count). The molecule has 0 radical (unpaired) electrons. The van der Waals surface area contributed by atoms with Crippen LogP contribution in [0.4, 0.5) is 0 Å². The van der Waals surface area contributed by atoms with Gasteiger partial charge in [0.25, 0.3) is 5.91 Å². The number of pyridine rings is 1. The summed E-state index contributed by atoms with van der Waals surface area (Å²) in [5.41, 5.74) is 2.66. The number of hydrogen-bond donors (Lipinski definition) is 0. The van der Waals surface area contributed by atoms with Crippen molar-refractivity contribution in [2.75, 3.05) is 0 Å². The first kappa shape index (κ1) is 15.8. The molecule has 1 aromatic carbocycles. The number of aryl methyl sites for hydroxylation is 1. The van der Waals surface area contributed by atoms with Crippen molar-refractivity contribution in [1.29, 1.82) is 0 Å². The largest absolute Gasteiger partial charge is 0.319 e. The summed E-state index contributed by atoms with van der Waals surface area (Å²) in [7, 11) is 1.93. The minimum absolute atomic E-state index is 0.280. The van der Waals surface area contributed by atoms with E-state index in [1.165, 1.54) is 17.5 Å². The van der Waals surface area contributed by atoms with E-state index in [0.29, 0.717) is 10.4 Å². The van der Waals surface area contributed by atoms with E-state index in [1.54, 1.807) is 18.3 Å². The van der Waals surface area contributed by atoms with Crippen molar-refractivity contribution in [3.63, 3.8) is 0 Å². The van der Waals surface area contributed by atoms with Gasteiger partial charge in [0.05, 0.1) is 11.3 Å². The van der Waals surface area contributed by atoms with Crippen LogP contribution in [0.25, 0.3) is 11.3 Å². The third-order valence-electron chi connectivity index (χ3n) is 3.42. The van der Waals surface area contributed by atoms with Crippen molar-refractivity contribution in [1.82, 2.24) is 9.55 Å². The highest BCUT2D eigenvalue weighted by Crippen LogP contribution is 2.25. The highest BCUT2D eigenvalue weighted by atomic mass is 79.9. The standard InChI is InChI=1S/C17H14BrN3OS/c1-11-15(12-5-7-14(18)8-6-12)21(2)17(23-11)20-16(22)13-4-3-9-19-10-13/h3-10H,1-2H3. The molecule has 0 aliphatic rings. The van der Waals surface area contributed by atoms with E-state index in [4.69, 9.17) is 0 Å². The predicted octanol–water partition coefficient (Wildman–Crippen LogP) is 3.96. The first-order valence-corrected chi connectivity index (χ1v) is 8.58. The fourth-order valence-electron chi connectivity index (χ4n) is 2.33. The molecule has 23 heavy (non-hydrogen) atoms. The van der Waals surface area contributed by atoms with Crippen LogP contribution in [0.2, 0.25) is 0 Å². The second-order valence-electron chi connectivity index (χ2n) is 5.01. The first-order chi connectivity index (χ1) is 11.1. The Morgan fingerprint density at radius 2 is 2.00 bits per heavy atom. The molecule has 0 spiro atoms. The molecule has 2 aromatic heterocycles. The molecular weight excluding hydrogens is 374 g/mol. The van der Waals surface area contributed by atoms with Gasteiger partial charge >= 0.3 is 0 Å². The van der Waals surface area contributed by atoms with Crippen LogP contribution in [-0.2, 0) is 7.05 Å². The average molecular weight is 388 g/mol. The van der Waals surface area contributed by atoms with Crippen LogP contribution < -0.4 is 4.80 Å². The molecule has 0 N–H and O–H groups in total. The zero-order valence-electron chi connectivity index (χ0n) is 12.7. The van der Waals surface area contributed by atoms with Gasteiger partial charge in [-0.2, -0.15) is 4.99 Å². The Kier molecular flexibility index (Phi) is 4.54. The molecule has 1 amide bonds. The zero-order valence-corrected chi connectivity index (χ0v) is 15.1. The summed E-state index contributed by atoms with van der Waals surface area (Å²) in [4.78, 5) is 22.2. The third kappa shape index (κ3) is 3.33. The fourth-order valence-corrected chi connectivity index (χ4v) is 3.58. The monoisotopic (exact) mass is 387 g/mol. The molecule has 0 aliphatic heterocycles. The average Bonchev–Trinajstić information content (AvgIpc) is 2.83. The molecule has 0 bridgehead atoms. The van der Waals surface area contributed by atoms with Gasteiger partial charge in [0.2, 0.25) is 0 Å². The van der Waals surface area contributed by atoms with Gasteiger partial charge in [0, 0.05) is 28.8 Å². The van der Waals surface area contributed by atoms with E-state index in [1.807, 2.05) is 42.8 Å². The van der Waals surface area contributed by atoms with Gasteiger partial charge in [-0.1, -0.05) is 28.1 Å². The molecule has 0 saturated carbocycles. The summed E-state index contributed by atoms with van der Waals surface area (Å²) in [6.07, 6.45) is 3.17. The fraction of sp³-hybridized carbons (Fsp3) is 0.118. The summed E-state index contributed by atoms with van der Waals surface area (Å²) < 4.78 is 2.99. The second kappa shape index (κ2) is 6.60. The number of hydrogen-bond acceptors (Lipinski definition) is 3. The summed E-state index contributed by atoms with van der Waals surface area (Å²) in [6.45, 7) is 2.04. The number of halogens is 1. The van der Waals surface area contributed by atoms with Crippen LogP contribution in [0, 0.1) is 6.92 Å². The number of thiazole rings is 1. The van der Waals surface area contributed by atoms with E-state index in [0.717, 1.165) is 20.6 Å². The molecule has 2 heterocycles. The molecule has 0 fully saturated rings. The van der Waals surface area contributed by atoms with E-state index in [9.17, 15) is 4.79 Å². The van der Waals surface area contributed by atoms with Crippen LogP contribution >= 0.6 is 27.3 Å². The number of nitrogens with zero attached hydrogens (tertiary/aromatic N) is 3. The second-order valence-corrected chi connectivity index (χ2v) is 7.11. The number of benzene rings is 1. The molecule has 0 unspecified atom stereocenters. The lowest BCUT2D eigenvalue weighted by molar-refractivity contribution is 0.0997. The molecular formula is C17H14BrN3OS. The molecule has 0 atom stereocenters. The topological polar surface area (TPSA) is 47.2 Å². The number of carbonyl (C=O) groups excluding carboxylic acids is 1. The third-order valence-corrected chi connectivity index (χ3v) is 5.00. The SMILES string of the molecule is Cc1sc(=NC(=O)c2cccnc2)n(C)c1-c1ccc(Br)cc1. The minimum Gasteiger partial charge on any atom is -0.319 e. The minimum atomic E-state index is -0.280. The van der Waals surface area contributed by atoms with Crippen molar-refractivity contribution < 1.29 is 4.79 Å². The number of aromatic nitrogens is 2. The highest BCUT2D eigenvalue weighted by Gasteiger charge is 2.11. The molecule has 116 valence electrons. The normalized spacial score (nSPS) is 11.7. The van der Waals surface area contributed by atoms with E-state index in [-0.39, 0.29) is 5.91 Å². The first-order valence-electron chi connectivity index (χ1n) is 6.97. The van der Waals surface area contributed by atoms with Gasteiger partial charge in [-0.25, -0.2) is 0 Å². The Morgan fingerprint density at radius 1 is 1.26 bits per heavy atom. The quantitative estimate of drug-likeness (QED) is 0.667. The summed E-state index contributed by atoms with van der Waals surface area (Å²) in [5.74, 6) is -0.280. The maximum Gasteiger partial charge on any atom is 0.281 e. The van der Waals surface area contributed by atoms with Gasteiger partial charge < -0.3 is 4.57 Å². The van der Waals surface area contributed by atoms with Crippen molar-refractivity contribution in [2.45, 2.75) is 6.92 Å². The van der Waals surface area contributed by atoms with Crippen molar-refractivity contribution in [2.24, 2.45) is 12.0 Å². The smallest absolute Gasteiger partial charge is 0.281 e. The maximum absolute atomic E-state index is 12.2. The van der Waals surface area contributed by atoms with Crippen molar-refractivity contribution in [3.05, 3.63) is 68.5 Å². The Balaban J connectivity index is 2.06. The van der Waals surface area contributed by atoms with Crippen LogP contribution in [0.3, 0.4) is 0 Å². The molecule has 3 aromatic rings. The lowest BCUT2D eigenvalue weighted by atomic mass is 10.1. The number of amides is 1. The van der Waals surface area contributed by atoms with Crippen LogP contribution in [0.5, 0.6) is 0 Å². The van der Waals surface area contributed by atoms with Gasteiger partial charge in [-0.3, -0.25) is 9.78 Å². The van der Waals surface area contributed by atoms with E-state index in [2.05, 4.69) is 25.9 Å². The van der Waals surface area contributed by atoms with Gasteiger partial charge in [-0.15, -0.1) is 11.3 Å². The number of carbonyl (C=O) groups is 1. The summed E-state index contributed by atoms with van der Waals surface area (Å²) >= 11 is 4.95. The Labute approximate surface area is 146 Å². The molecule has 4 nitrogen and oxygen atoms in total. The molecule has 6 heteroatoms. The van der Waals surface area contributed by atoms with Crippen LogP contribution in [0.15, 0.2) is 58.3 Å². The van der Waals surface area contributed by atoms with E-state index >= 15 is 0 Å². The molecule has 0 aliphatic carbocycles. The van der Waals surface area contributed by atoms with Gasteiger partial charge in [-0.05, 0) is 36.8 Å². The summed E-state index contributed by atoms with van der Waals surface area (Å²) in [6, 6.07) is 11.6. The van der Waals surface area contributed by atoms with Gasteiger partial charge in [0.15, 0.2) is 4.80 Å². The molecule has 0 saturated heterocycles. The Hall–Kier alpha value is -2.05. The predicted molar refractivity (Wildman–Crippen MR) is 95.3 cm³/mol. The Morgan fingerprint density at radius 3 is 2.65 bits per heavy atom. The van der Waals surface area contributed by atoms with Crippen LogP contribution in [-0.4, -0.2) is 15.5 Å². The Bertz CT molecular complexity index is 911. The summed E-state index contributed by atoms with van der Waals surface area (Å²) in [5, 5.41) is 0. The van der Waals surface area contributed by atoms with Crippen LogP contribution in [0.1, 0.15) is 15.2 Å². The lowest BCUT2D eigenvalue weighted by Gasteiger charge is -2.04. The van der Waals surface area contributed by atoms with Crippen molar-refractivity contribution >= 4 is 33.2 Å².